The van der Waals surface area contributed by atoms with Crippen LogP contribution in [-0.4, -0.2) is 46.0 Å². The van der Waals surface area contributed by atoms with Crippen LogP contribution in [0.2, 0.25) is 0 Å². The minimum atomic E-state index is -0.883. The van der Waals surface area contributed by atoms with Crippen LogP contribution in [0.5, 0.6) is 0 Å². The first kappa shape index (κ1) is 14.4. The van der Waals surface area contributed by atoms with E-state index in [4.69, 9.17) is 0 Å². The summed E-state index contributed by atoms with van der Waals surface area (Å²) in [6, 6.07) is 7.57. The van der Waals surface area contributed by atoms with Crippen LogP contribution in [0.3, 0.4) is 0 Å². The second kappa shape index (κ2) is 6.10. The molecule has 1 fully saturated rings. The van der Waals surface area contributed by atoms with Gasteiger partial charge in [0.05, 0.1) is 0 Å². The predicted octanol–water partition coefficient (Wildman–Crippen LogP) is 1.82. The number of benzene rings is 1. The fourth-order valence-corrected chi connectivity index (χ4v) is 4.25. The molecule has 1 aliphatic heterocycles. The molecule has 0 saturated carbocycles. The van der Waals surface area contributed by atoms with Crippen molar-refractivity contribution in [3.8, 4) is 0 Å². The van der Waals surface area contributed by atoms with E-state index in [1.54, 1.807) is 16.7 Å². The van der Waals surface area contributed by atoms with Crippen LogP contribution in [0.1, 0.15) is 17.5 Å². The van der Waals surface area contributed by atoms with E-state index in [-0.39, 0.29) is 11.8 Å². The summed E-state index contributed by atoms with van der Waals surface area (Å²) in [5.41, 5.74) is 2.56. The Balaban J connectivity index is 1.75. The number of aryl methyl sites for hydroxylation is 1. The zero-order valence-electron chi connectivity index (χ0n) is 11.8. The molecule has 3 rings (SSSR count). The highest BCUT2D eigenvalue weighted by atomic mass is 32.2. The van der Waals surface area contributed by atoms with Gasteiger partial charge in [0.25, 0.3) is 0 Å². The highest BCUT2D eigenvalue weighted by molar-refractivity contribution is 7.99. The fourth-order valence-electron chi connectivity index (χ4n) is 3.22. The molecular weight excluding hydrogens is 286 g/mol. The molecule has 0 spiro atoms. The van der Waals surface area contributed by atoms with Gasteiger partial charge in [-0.1, -0.05) is 24.3 Å². The Labute approximate surface area is 128 Å². The first-order valence-electron chi connectivity index (χ1n) is 7.34. The molecule has 1 amide bonds. The van der Waals surface area contributed by atoms with E-state index >= 15 is 0 Å². The largest absolute Gasteiger partial charge is 0.480 e. The zero-order chi connectivity index (χ0) is 14.8. The van der Waals surface area contributed by atoms with E-state index in [1.807, 2.05) is 12.1 Å². The van der Waals surface area contributed by atoms with Crippen LogP contribution >= 0.6 is 11.8 Å². The maximum atomic E-state index is 12.7. The van der Waals surface area contributed by atoms with Crippen LogP contribution < -0.4 is 0 Å². The average Bonchev–Trinajstić information content (AvgIpc) is 2.53. The van der Waals surface area contributed by atoms with Gasteiger partial charge in [0, 0.05) is 24.0 Å². The smallest absolute Gasteiger partial charge is 0.327 e. The minimum absolute atomic E-state index is 0.0252. The van der Waals surface area contributed by atoms with Crippen molar-refractivity contribution in [3.63, 3.8) is 0 Å². The summed E-state index contributed by atoms with van der Waals surface area (Å²) in [4.78, 5) is 25.7. The average molecular weight is 305 g/mol. The van der Waals surface area contributed by atoms with Gasteiger partial charge in [-0.2, -0.15) is 11.8 Å². The number of thioether (sulfide) groups is 1. The Hall–Kier alpha value is -1.49. The summed E-state index contributed by atoms with van der Waals surface area (Å²) in [5, 5.41) is 9.31. The van der Waals surface area contributed by atoms with E-state index in [1.165, 1.54) is 11.1 Å². The van der Waals surface area contributed by atoms with E-state index in [0.29, 0.717) is 12.3 Å². The molecule has 21 heavy (non-hydrogen) atoms. The molecule has 1 N–H and O–H groups in total. The summed E-state index contributed by atoms with van der Waals surface area (Å²) in [6.07, 6.45) is 2.48. The molecular formula is C16H19NO3S. The Bertz CT molecular complexity index is 560. The Morgan fingerprint density at radius 3 is 2.76 bits per heavy atom. The molecule has 1 saturated heterocycles. The Kier molecular flexibility index (Phi) is 4.19. The van der Waals surface area contributed by atoms with Crippen molar-refractivity contribution < 1.29 is 14.7 Å². The number of carbonyl (C=O) groups excluding carboxylic acids is 1. The molecule has 2 unspecified atom stereocenters. The number of hydrogen-bond acceptors (Lipinski definition) is 3. The second-order valence-electron chi connectivity index (χ2n) is 5.67. The number of fused-ring (bicyclic) bond motifs is 1. The topological polar surface area (TPSA) is 57.6 Å². The molecule has 1 heterocycles. The summed E-state index contributed by atoms with van der Waals surface area (Å²) < 4.78 is 0. The molecule has 112 valence electrons. The molecule has 2 aliphatic rings. The summed E-state index contributed by atoms with van der Waals surface area (Å²) >= 11 is 1.61. The molecule has 5 heteroatoms. The van der Waals surface area contributed by atoms with Crippen molar-refractivity contribution in [1.29, 1.82) is 0 Å². The maximum absolute atomic E-state index is 12.7. The third-order valence-corrected chi connectivity index (χ3v) is 5.42. The van der Waals surface area contributed by atoms with Crippen LogP contribution in [0.15, 0.2) is 24.3 Å². The van der Waals surface area contributed by atoms with Gasteiger partial charge in [0.1, 0.15) is 6.04 Å². The van der Waals surface area contributed by atoms with Gasteiger partial charge < -0.3 is 10.0 Å². The number of carbonyl (C=O) groups is 2. The maximum Gasteiger partial charge on any atom is 0.327 e. The van der Waals surface area contributed by atoms with Crippen molar-refractivity contribution in [2.75, 3.05) is 18.1 Å². The Morgan fingerprint density at radius 2 is 2.00 bits per heavy atom. The lowest BCUT2D eigenvalue weighted by Crippen LogP contribution is -2.52. The molecule has 1 aromatic carbocycles. The molecule has 0 bridgehead atoms. The van der Waals surface area contributed by atoms with Gasteiger partial charge in [0.15, 0.2) is 0 Å². The van der Waals surface area contributed by atoms with Crippen LogP contribution in [0, 0.1) is 5.92 Å². The molecule has 0 aromatic heterocycles. The van der Waals surface area contributed by atoms with Crippen molar-refractivity contribution in [2.24, 2.45) is 5.92 Å². The molecule has 0 radical (unpaired) electrons. The van der Waals surface area contributed by atoms with Gasteiger partial charge in [-0.15, -0.1) is 0 Å². The zero-order valence-corrected chi connectivity index (χ0v) is 12.6. The summed E-state index contributed by atoms with van der Waals surface area (Å²) in [6.45, 7) is 0.554. The minimum Gasteiger partial charge on any atom is -0.480 e. The summed E-state index contributed by atoms with van der Waals surface area (Å²) in [7, 11) is 0. The van der Waals surface area contributed by atoms with Crippen molar-refractivity contribution in [3.05, 3.63) is 35.4 Å². The van der Waals surface area contributed by atoms with Crippen molar-refractivity contribution >= 4 is 23.6 Å². The van der Waals surface area contributed by atoms with Crippen molar-refractivity contribution in [2.45, 2.75) is 25.3 Å². The number of amides is 1. The number of nitrogens with zero attached hydrogens (tertiary/aromatic N) is 1. The number of aliphatic carboxylic acids is 1. The van der Waals surface area contributed by atoms with Gasteiger partial charge in [0.2, 0.25) is 5.91 Å². The van der Waals surface area contributed by atoms with Gasteiger partial charge in [-0.05, 0) is 30.4 Å². The first-order chi connectivity index (χ1) is 10.2. The van der Waals surface area contributed by atoms with Gasteiger partial charge >= 0.3 is 5.97 Å². The third kappa shape index (κ3) is 2.93. The molecule has 1 aromatic rings. The highest BCUT2D eigenvalue weighted by Gasteiger charge is 2.36. The second-order valence-corrected chi connectivity index (χ2v) is 6.82. The van der Waals surface area contributed by atoms with Crippen LogP contribution in [0.4, 0.5) is 0 Å². The van der Waals surface area contributed by atoms with Gasteiger partial charge in [-0.3, -0.25) is 4.79 Å². The lowest BCUT2D eigenvalue weighted by atomic mass is 9.83. The number of carboxylic acid groups (broad SMARTS) is 1. The monoisotopic (exact) mass is 305 g/mol. The predicted molar refractivity (Wildman–Crippen MR) is 82.4 cm³/mol. The normalized spacial score (nSPS) is 25.2. The summed E-state index contributed by atoms with van der Waals surface area (Å²) in [5.74, 6) is 0.414. The van der Waals surface area contributed by atoms with Gasteiger partial charge in [-0.25, -0.2) is 4.79 Å². The SMILES string of the molecule is O=C(O)C1CSCCN1C(=O)C1CCc2ccccc2C1. The van der Waals surface area contributed by atoms with E-state index < -0.39 is 12.0 Å². The standard InChI is InChI=1S/C16H19NO3S/c18-15(17-7-8-21-10-14(17)16(19)20)13-6-5-11-3-1-2-4-12(11)9-13/h1-4,13-14H,5-10H2,(H,19,20). The van der Waals surface area contributed by atoms with E-state index in [9.17, 15) is 14.7 Å². The van der Waals surface area contributed by atoms with E-state index in [2.05, 4.69) is 12.1 Å². The number of hydrogen-bond donors (Lipinski definition) is 1. The van der Waals surface area contributed by atoms with Crippen molar-refractivity contribution in [1.82, 2.24) is 4.90 Å². The lowest BCUT2D eigenvalue weighted by molar-refractivity contribution is -0.151. The first-order valence-corrected chi connectivity index (χ1v) is 8.50. The lowest BCUT2D eigenvalue weighted by Gasteiger charge is -2.36. The number of carboxylic acids is 1. The number of rotatable bonds is 2. The molecule has 2 atom stereocenters. The Morgan fingerprint density at radius 1 is 1.24 bits per heavy atom. The highest BCUT2D eigenvalue weighted by Crippen LogP contribution is 2.28. The molecule has 1 aliphatic carbocycles. The quantitative estimate of drug-likeness (QED) is 0.905. The fraction of sp³-hybridized carbons (Fsp3) is 0.500. The van der Waals surface area contributed by atoms with Crippen LogP contribution in [0.25, 0.3) is 0 Å². The van der Waals surface area contributed by atoms with E-state index in [0.717, 1.165) is 25.0 Å². The third-order valence-electron chi connectivity index (χ3n) is 4.39. The molecule has 4 nitrogen and oxygen atoms in total. The van der Waals surface area contributed by atoms with Crippen LogP contribution in [-0.2, 0) is 22.4 Å².